The summed E-state index contributed by atoms with van der Waals surface area (Å²) >= 11 is 0. The molecule has 154 valence electrons. The van der Waals surface area contributed by atoms with E-state index in [1.54, 1.807) is 12.1 Å². The molecule has 1 fully saturated rings. The van der Waals surface area contributed by atoms with Gasteiger partial charge in [-0.15, -0.1) is 12.4 Å². The molecule has 1 amide bonds. The monoisotopic (exact) mass is 419 g/mol. The molecule has 7 nitrogen and oxygen atoms in total. The Hall–Kier alpha value is -1.35. The number of ether oxygens (including phenoxy) is 1. The number of nitrogens with one attached hydrogen (secondary N) is 1. The molecule has 27 heavy (non-hydrogen) atoms. The molecular formula is C18H30ClN3O4S. The molecular weight excluding hydrogens is 390 g/mol. The van der Waals surface area contributed by atoms with Crippen LogP contribution in [0.3, 0.4) is 0 Å². The summed E-state index contributed by atoms with van der Waals surface area (Å²) in [6.07, 6.45) is 3.52. The van der Waals surface area contributed by atoms with Gasteiger partial charge in [0, 0.05) is 18.8 Å². The van der Waals surface area contributed by atoms with E-state index < -0.39 is 16.1 Å². The smallest absolute Gasteiger partial charge is 0.246 e. The Kier molecular flexibility index (Phi) is 9.01. The van der Waals surface area contributed by atoms with E-state index >= 15 is 0 Å². The maximum absolute atomic E-state index is 13.0. The van der Waals surface area contributed by atoms with Gasteiger partial charge in [0.15, 0.2) is 0 Å². The average molecular weight is 420 g/mol. The lowest BCUT2D eigenvalue weighted by Gasteiger charge is -2.26. The van der Waals surface area contributed by atoms with E-state index in [1.165, 1.54) is 17.5 Å². The van der Waals surface area contributed by atoms with Gasteiger partial charge in [0.2, 0.25) is 15.9 Å². The van der Waals surface area contributed by atoms with Crippen molar-refractivity contribution in [1.29, 1.82) is 0 Å². The summed E-state index contributed by atoms with van der Waals surface area (Å²) in [6.45, 7) is 4.88. The molecule has 2 atom stereocenters. The van der Waals surface area contributed by atoms with Gasteiger partial charge in [0.1, 0.15) is 10.6 Å². The van der Waals surface area contributed by atoms with Crippen LogP contribution in [-0.4, -0.2) is 44.9 Å². The minimum Gasteiger partial charge on any atom is -0.495 e. The second-order valence-corrected chi connectivity index (χ2v) is 8.64. The number of methoxy groups -OCH3 is 1. The summed E-state index contributed by atoms with van der Waals surface area (Å²) in [4.78, 5) is 12.4. The lowest BCUT2D eigenvalue weighted by atomic mass is 9.99. The SMILES string of the molecule is CCC(C)C(N)C(=O)Nc1ccc(OC)c(S(=O)(=O)N2CCCCC2)c1.Cl. The largest absolute Gasteiger partial charge is 0.495 e. The van der Waals surface area contributed by atoms with Crippen LogP contribution in [0.25, 0.3) is 0 Å². The quantitative estimate of drug-likeness (QED) is 0.707. The Labute approximate surface area is 168 Å². The van der Waals surface area contributed by atoms with Crippen molar-refractivity contribution in [3.8, 4) is 5.75 Å². The fourth-order valence-corrected chi connectivity index (χ4v) is 4.64. The molecule has 1 aliphatic heterocycles. The van der Waals surface area contributed by atoms with Gasteiger partial charge >= 0.3 is 0 Å². The molecule has 3 N–H and O–H groups in total. The Morgan fingerprint density at radius 3 is 2.48 bits per heavy atom. The molecule has 0 aromatic heterocycles. The molecule has 2 rings (SSSR count). The Morgan fingerprint density at radius 2 is 1.93 bits per heavy atom. The Bertz CT molecular complexity index is 736. The summed E-state index contributed by atoms with van der Waals surface area (Å²) in [7, 11) is -2.25. The van der Waals surface area contributed by atoms with Crippen LogP contribution in [0, 0.1) is 5.92 Å². The van der Waals surface area contributed by atoms with Crippen molar-refractivity contribution in [1.82, 2.24) is 4.31 Å². The zero-order valence-electron chi connectivity index (χ0n) is 16.1. The number of rotatable bonds is 7. The molecule has 1 heterocycles. The summed E-state index contributed by atoms with van der Waals surface area (Å²) < 4.78 is 32.7. The number of benzene rings is 1. The van der Waals surface area contributed by atoms with Gasteiger partial charge in [-0.2, -0.15) is 4.31 Å². The van der Waals surface area contributed by atoms with Gasteiger partial charge in [0.05, 0.1) is 13.2 Å². The van der Waals surface area contributed by atoms with Crippen LogP contribution in [-0.2, 0) is 14.8 Å². The standard InChI is InChI=1S/C18H29N3O4S.ClH/c1-4-13(2)17(19)18(22)20-14-8-9-15(25-3)16(12-14)26(23,24)21-10-6-5-7-11-21;/h8-9,12-13,17H,4-7,10-11,19H2,1-3H3,(H,20,22);1H. The van der Waals surface area contributed by atoms with Crippen molar-refractivity contribution in [3.05, 3.63) is 18.2 Å². The van der Waals surface area contributed by atoms with Gasteiger partial charge in [-0.25, -0.2) is 8.42 Å². The second kappa shape index (κ2) is 10.3. The van der Waals surface area contributed by atoms with Crippen LogP contribution in [0.2, 0.25) is 0 Å². The van der Waals surface area contributed by atoms with E-state index in [4.69, 9.17) is 10.5 Å². The van der Waals surface area contributed by atoms with E-state index in [0.29, 0.717) is 18.8 Å². The topological polar surface area (TPSA) is 102 Å². The highest BCUT2D eigenvalue weighted by molar-refractivity contribution is 7.89. The van der Waals surface area contributed by atoms with Crippen LogP contribution in [0.4, 0.5) is 5.69 Å². The normalized spacial score (nSPS) is 17.5. The molecule has 0 saturated carbocycles. The number of amides is 1. The van der Waals surface area contributed by atoms with E-state index in [-0.39, 0.29) is 34.9 Å². The predicted octanol–water partition coefficient (Wildman–Crippen LogP) is 2.60. The van der Waals surface area contributed by atoms with Crippen molar-refractivity contribution in [3.63, 3.8) is 0 Å². The molecule has 0 radical (unpaired) electrons. The number of sulfonamides is 1. The van der Waals surface area contributed by atoms with E-state index in [0.717, 1.165) is 25.7 Å². The summed E-state index contributed by atoms with van der Waals surface area (Å²) in [5.74, 6) is -0.0320. The molecule has 0 bridgehead atoms. The number of hydrogen-bond acceptors (Lipinski definition) is 5. The van der Waals surface area contributed by atoms with Gasteiger partial charge in [-0.05, 0) is 37.0 Å². The number of anilines is 1. The van der Waals surface area contributed by atoms with Crippen LogP contribution in [0.5, 0.6) is 5.75 Å². The number of piperidine rings is 1. The summed E-state index contributed by atoms with van der Waals surface area (Å²) in [5.41, 5.74) is 6.35. The zero-order valence-corrected chi connectivity index (χ0v) is 17.7. The molecule has 9 heteroatoms. The van der Waals surface area contributed by atoms with Crippen LogP contribution < -0.4 is 15.8 Å². The minimum atomic E-state index is -3.68. The fraction of sp³-hybridized carbons (Fsp3) is 0.611. The second-order valence-electron chi connectivity index (χ2n) is 6.73. The van der Waals surface area contributed by atoms with E-state index in [2.05, 4.69) is 5.32 Å². The summed E-state index contributed by atoms with van der Waals surface area (Å²) in [6, 6.07) is 3.98. The number of halogens is 1. The Morgan fingerprint density at radius 1 is 1.30 bits per heavy atom. The van der Waals surface area contributed by atoms with Crippen molar-refractivity contribution >= 4 is 34.0 Å². The molecule has 0 spiro atoms. The molecule has 1 aromatic carbocycles. The number of carbonyl (C=O) groups excluding carboxylic acids is 1. The Balaban J connectivity index is 0.00000364. The van der Waals surface area contributed by atoms with Gasteiger partial charge in [-0.1, -0.05) is 26.7 Å². The third-order valence-corrected chi connectivity index (χ3v) is 6.84. The van der Waals surface area contributed by atoms with Gasteiger partial charge < -0.3 is 15.8 Å². The maximum atomic E-state index is 13.0. The molecule has 2 unspecified atom stereocenters. The van der Waals surface area contributed by atoms with Gasteiger partial charge in [0.25, 0.3) is 0 Å². The number of nitrogens with two attached hydrogens (primary N) is 1. The molecule has 0 aliphatic carbocycles. The van der Waals surface area contributed by atoms with Crippen molar-refractivity contribution in [2.24, 2.45) is 11.7 Å². The highest BCUT2D eigenvalue weighted by Crippen LogP contribution is 2.31. The third kappa shape index (κ3) is 5.57. The van der Waals surface area contributed by atoms with Crippen molar-refractivity contribution in [2.75, 3.05) is 25.5 Å². The minimum absolute atomic E-state index is 0. The van der Waals surface area contributed by atoms with Crippen LogP contribution in [0.1, 0.15) is 39.5 Å². The zero-order chi connectivity index (χ0) is 19.3. The van der Waals surface area contributed by atoms with Crippen LogP contribution in [0.15, 0.2) is 23.1 Å². The molecule has 1 aliphatic rings. The molecule has 1 saturated heterocycles. The van der Waals surface area contributed by atoms with Crippen LogP contribution >= 0.6 is 12.4 Å². The molecule has 1 aromatic rings. The fourth-order valence-electron chi connectivity index (χ4n) is 2.94. The average Bonchev–Trinajstić information content (AvgIpc) is 2.67. The highest BCUT2D eigenvalue weighted by Gasteiger charge is 2.29. The lowest BCUT2D eigenvalue weighted by Crippen LogP contribution is -2.40. The van der Waals surface area contributed by atoms with Crippen molar-refractivity contribution < 1.29 is 17.9 Å². The first kappa shape index (κ1) is 23.7. The number of carbonyl (C=O) groups is 1. The first-order valence-electron chi connectivity index (χ1n) is 9.06. The first-order valence-corrected chi connectivity index (χ1v) is 10.5. The predicted molar refractivity (Wildman–Crippen MR) is 109 cm³/mol. The first-order chi connectivity index (χ1) is 12.3. The lowest BCUT2D eigenvalue weighted by molar-refractivity contribution is -0.118. The highest BCUT2D eigenvalue weighted by atomic mass is 35.5. The van der Waals surface area contributed by atoms with Crippen molar-refractivity contribution in [2.45, 2.75) is 50.5 Å². The number of nitrogens with zero attached hydrogens (tertiary/aromatic N) is 1. The third-order valence-electron chi connectivity index (χ3n) is 4.92. The number of hydrogen-bond donors (Lipinski definition) is 2. The summed E-state index contributed by atoms with van der Waals surface area (Å²) in [5, 5.41) is 2.72. The maximum Gasteiger partial charge on any atom is 0.246 e. The van der Waals surface area contributed by atoms with Gasteiger partial charge in [-0.3, -0.25) is 4.79 Å². The van der Waals surface area contributed by atoms with E-state index in [1.807, 2.05) is 13.8 Å². The van der Waals surface area contributed by atoms with E-state index in [9.17, 15) is 13.2 Å².